The molecule has 11 amide bonds. The van der Waals surface area contributed by atoms with Gasteiger partial charge in [-0.25, -0.2) is 0 Å². The lowest BCUT2D eigenvalue weighted by Gasteiger charge is -2.31. The number of carbonyl (C=O) groups excluding carboxylic acids is 11. The molecule has 1 fully saturated rings. The minimum atomic E-state index is -1.89. The summed E-state index contributed by atoms with van der Waals surface area (Å²) in [6.07, 6.45) is -2.15. The average molecular weight is 1300 g/mol. The molecule has 1 saturated heterocycles. The Kier molecular flexibility index (Phi) is 28.3. The molecule has 94 heavy (non-hydrogen) atoms. The highest BCUT2D eigenvalue weighted by molar-refractivity contribution is 6.01. The number of hydrogen-bond donors (Lipinski definition) is 15. The van der Waals surface area contributed by atoms with Crippen molar-refractivity contribution in [1.29, 1.82) is 0 Å². The van der Waals surface area contributed by atoms with Crippen molar-refractivity contribution in [3.05, 3.63) is 136 Å². The normalized spacial score (nSPS) is 14.6. The van der Waals surface area contributed by atoms with Crippen LogP contribution < -0.4 is 72.0 Å². The summed E-state index contributed by atoms with van der Waals surface area (Å²) < 4.78 is 0. The number of aliphatic imine (C=N–C) groups is 2. The lowest BCUT2D eigenvalue weighted by atomic mass is 10.0. The van der Waals surface area contributed by atoms with Crippen molar-refractivity contribution in [2.75, 3.05) is 26.7 Å². The lowest BCUT2D eigenvalue weighted by molar-refractivity contribution is -0.143. The van der Waals surface area contributed by atoms with Crippen LogP contribution in [-0.2, 0) is 67.2 Å². The van der Waals surface area contributed by atoms with E-state index in [0.717, 1.165) is 4.90 Å². The monoisotopic (exact) mass is 1300 g/mol. The third kappa shape index (κ3) is 23.7. The number of likely N-dealkylation sites (tertiary alicyclic amines) is 1. The van der Waals surface area contributed by atoms with E-state index >= 15 is 0 Å². The van der Waals surface area contributed by atoms with Crippen molar-refractivity contribution in [2.24, 2.45) is 55.2 Å². The molecule has 8 atom stereocenters. The van der Waals surface area contributed by atoms with E-state index in [1.165, 1.54) is 84.7 Å². The van der Waals surface area contributed by atoms with Crippen LogP contribution in [0.3, 0.4) is 0 Å². The van der Waals surface area contributed by atoms with E-state index in [4.69, 9.17) is 45.7 Å². The zero-order valence-electron chi connectivity index (χ0n) is 51.6. The highest BCUT2D eigenvalue weighted by atomic mass is 16.3. The van der Waals surface area contributed by atoms with Crippen molar-refractivity contribution in [3.8, 4) is 11.5 Å². The number of benzene rings is 4. The van der Waals surface area contributed by atoms with Gasteiger partial charge in [-0.2, -0.15) is 0 Å². The number of nitrogens with zero attached hydrogens (tertiary/aromatic N) is 7. The molecule has 0 spiro atoms. The van der Waals surface area contributed by atoms with Gasteiger partial charge in [-0.05, 0) is 104 Å². The molecule has 4 aromatic rings. The van der Waals surface area contributed by atoms with Gasteiger partial charge in [0.2, 0.25) is 59.1 Å². The Morgan fingerprint density at radius 3 is 1.64 bits per heavy atom. The van der Waals surface area contributed by atoms with E-state index in [9.17, 15) is 63.0 Å². The topological polar surface area (TPSA) is 563 Å². The lowest BCUT2D eigenvalue weighted by Crippen LogP contribution is -2.61. The average Bonchev–Trinajstić information content (AvgIpc) is 1.39. The standard InChI is InChI=1S/C61H80N20O13/c1-80(58(93)37-11-5-12-38(32-37)78-79-69)48(31-36-18-22-40(83)23-19-36)57(92)77-45(30-34-9-3-2-4-10-34)54(89)72-42(24-25-49(62)84)53(88)76-46(33-50(63)85)55(90)74-43(14-7-27-71-61(67)68)59(94)81-28-8-15-47(81)56(91)73-41(13-6-26-70-60(65)66)52(87)75-44(51(64)86)29-35-16-20-39(82)21-17-35/h2-5,9-12,16-23,32,41-48,82-83H,6-8,13-15,24-31,33H2,1H3,(H2,62,84)(H2,63,85)(H2,64,86)(H,72,89)(H,73,91)(H,74,90)(H,75,87)(H,76,88)(H,77,92)(H4,65,66,70)(H4,67,68,71)/t41-,42-,43-,44-,45-,46-,47-,48-/m0/s1. The molecule has 0 radical (unpaired) electrons. The number of nitrogens with two attached hydrogens (primary N) is 7. The van der Waals surface area contributed by atoms with E-state index in [1.807, 2.05) is 0 Å². The first-order valence-corrected chi connectivity index (χ1v) is 29.8. The molecule has 0 aliphatic carbocycles. The van der Waals surface area contributed by atoms with Crippen LogP contribution in [0.25, 0.3) is 10.4 Å². The van der Waals surface area contributed by atoms with Gasteiger partial charge in [0.25, 0.3) is 5.91 Å². The fourth-order valence-electron chi connectivity index (χ4n) is 10.1. The third-order valence-electron chi connectivity index (χ3n) is 15.0. The minimum absolute atomic E-state index is 0.0359. The fourth-order valence-corrected chi connectivity index (χ4v) is 10.1. The number of primary amides is 3. The smallest absolute Gasteiger partial charge is 0.254 e. The second kappa shape index (κ2) is 36.4. The van der Waals surface area contributed by atoms with E-state index in [2.05, 4.69) is 51.9 Å². The molecular weight excluding hydrogens is 1220 g/mol. The zero-order valence-corrected chi connectivity index (χ0v) is 51.6. The number of nitrogens with one attached hydrogen (secondary N) is 6. The molecule has 0 aromatic heterocycles. The van der Waals surface area contributed by atoms with Crippen LogP contribution in [0.5, 0.6) is 11.5 Å². The first-order chi connectivity index (χ1) is 44.7. The van der Waals surface area contributed by atoms with Crippen molar-refractivity contribution < 1.29 is 63.0 Å². The summed E-state index contributed by atoms with van der Waals surface area (Å²) >= 11 is 0. The maximum atomic E-state index is 14.8. The summed E-state index contributed by atoms with van der Waals surface area (Å²) in [5, 5.41) is 38.8. The van der Waals surface area contributed by atoms with Crippen LogP contribution >= 0.6 is 0 Å². The zero-order chi connectivity index (χ0) is 69.0. The van der Waals surface area contributed by atoms with Gasteiger partial charge in [-0.15, -0.1) is 0 Å². The quantitative estimate of drug-likeness (QED) is 0.00576. The van der Waals surface area contributed by atoms with E-state index in [0.29, 0.717) is 16.7 Å². The van der Waals surface area contributed by atoms with E-state index in [-0.39, 0.29) is 112 Å². The van der Waals surface area contributed by atoms with Gasteiger partial charge in [0.05, 0.1) is 6.42 Å². The number of azide groups is 1. The number of hydrogen-bond acceptors (Lipinski definition) is 16. The highest BCUT2D eigenvalue weighted by Gasteiger charge is 2.41. The molecule has 33 heteroatoms. The summed E-state index contributed by atoms with van der Waals surface area (Å²) in [6, 6.07) is 13.7. The first-order valence-electron chi connectivity index (χ1n) is 29.8. The van der Waals surface area contributed by atoms with Crippen LogP contribution in [0.15, 0.2) is 118 Å². The molecular formula is C61H80N20O13. The number of carbonyl (C=O) groups is 11. The molecule has 1 heterocycles. The second-order valence-corrected chi connectivity index (χ2v) is 22.1. The molecule has 0 unspecified atom stereocenters. The largest absolute Gasteiger partial charge is 0.508 e. The maximum absolute atomic E-state index is 14.8. The number of guanidine groups is 2. The van der Waals surface area contributed by atoms with E-state index in [1.54, 1.807) is 30.3 Å². The van der Waals surface area contributed by atoms with Gasteiger partial charge in [0.15, 0.2) is 11.9 Å². The number of phenols is 2. The Hall–Kier alpha value is -11.5. The first kappa shape index (κ1) is 73.2. The van der Waals surface area contributed by atoms with Gasteiger partial charge >= 0.3 is 0 Å². The fraction of sp³-hybridized carbons (Fsp3) is 0.393. The summed E-state index contributed by atoms with van der Waals surface area (Å²) in [7, 11) is 1.34. The van der Waals surface area contributed by atoms with Gasteiger partial charge in [0.1, 0.15) is 59.8 Å². The summed E-state index contributed by atoms with van der Waals surface area (Å²) in [4.78, 5) is 166. The molecule has 1 aliphatic rings. The van der Waals surface area contributed by atoms with Crippen molar-refractivity contribution in [1.82, 2.24) is 41.7 Å². The van der Waals surface area contributed by atoms with Crippen LogP contribution in [0.4, 0.5) is 5.69 Å². The molecule has 4 aromatic carbocycles. The third-order valence-corrected chi connectivity index (χ3v) is 15.0. The second-order valence-electron chi connectivity index (χ2n) is 22.1. The number of rotatable bonds is 36. The minimum Gasteiger partial charge on any atom is -0.508 e. The molecule has 502 valence electrons. The molecule has 33 nitrogen and oxygen atoms in total. The van der Waals surface area contributed by atoms with Crippen LogP contribution in [0.1, 0.15) is 84.8 Å². The number of phenolic OH excluding ortho intramolecular Hbond substituents is 2. The Morgan fingerprint density at radius 2 is 1.07 bits per heavy atom. The number of aromatic hydroxyl groups is 2. The predicted octanol–water partition coefficient (Wildman–Crippen LogP) is -2.16. The van der Waals surface area contributed by atoms with Crippen molar-refractivity contribution in [3.63, 3.8) is 0 Å². The number of likely N-dealkylation sites (N-methyl/N-ethyl adjacent to an activating group) is 1. The van der Waals surface area contributed by atoms with Gasteiger partial charge in [-0.1, -0.05) is 71.8 Å². The SMILES string of the molecule is CN(C(=O)c1cccc(N=[N+]=[N-])c1)[C@@H](Cc1ccc(O)cc1)C(=O)N[C@@H](Cc1ccccc1)C(=O)N[C@@H](CCC(N)=O)C(=O)N[C@@H](CC(N)=O)C(=O)N[C@@H](CCCN=C(N)N)C(=O)N1CCC[C@H]1C(=O)N[C@@H](CCCN=C(N)N)C(=O)N[C@@H](Cc1ccc(O)cc1)C(N)=O. The van der Waals surface area contributed by atoms with Gasteiger partial charge < -0.3 is 92.0 Å². The molecule has 1 aliphatic heterocycles. The van der Waals surface area contributed by atoms with Crippen LogP contribution in [0, 0.1) is 0 Å². The van der Waals surface area contributed by atoms with E-state index < -0.39 is 133 Å². The number of amides is 11. The van der Waals surface area contributed by atoms with Crippen molar-refractivity contribution in [2.45, 2.75) is 125 Å². The molecule has 22 N–H and O–H groups in total. The summed E-state index contributed by atoms with van der Waals surface area (Å²) in [5.74, 6) is -10.9. The van der Waals surface area contributed by atoms with Crippen LogP contribution in [0.2, 0.25) is 0 Å². The van der Waals surface area contributed by atoms with Crippen LogP contribution in [-0.4, -0.2) is 172 Å². The molecule has 0 bridgehead atoms. The Bertz CT molecular complexity index is 3450. The summed E-state index contributed by atoms with van der Waals surface area (Å²) in [6.45, 7) is -0.0566. The van der Waals surface area contributed by atoms with Gasteiger partial charge in [0, 0.05) is 68.5 Å². The molecule has 0 saturated carbocycles. The molecule has 5 rings (SSSR count). The summed E-state index contributed by atoms with van der Waals surface area (Å²) in [5.41, 5.74) is 49.7. The Labute approximate surface area is 540 Å². The van der Waals surface area contributed by atoms with Crippen molar-refractivity contribution >= 4 is 82.6 Å². The maximum Gasteiger partial charge on any atom is 0.254 e. The predicted molar refractivity (Wildman–Crippen MR) is 342 cm³/mol. The Balaban J connectivity index is 1.41. The van der Waals surface area contributed by atoms with Gasteiger partial charge in [-0.3, -0.25) is 62.7 Å². The highest BCUT2D eigenvalue weighted by Crippen LogP contribution is 2.23. The Morgan fingerprint density at radius 1 is 0.574 bits per heavy atom.